The highest BCUT2D eigenvalue weighted by molar-refractivity contribution is 5.78. The second-order valence-electron chi connectivity index (χ2n) is 6.74. The Balaban J connectivity index is 1.55. The zero-order valence-electron chi connectivity index (χ0n) is 16.7. The molecular formula is C23H27NO4. The first-order valence-corrected chi connectivity index (χ1v) is 9.46. The molecule has 5 nitrogen and oxygen atoms in total. The van der Waals surface area contributed by atoms with Crippen LogP contribution in [0.2, 0.25) is 0 Å². The van der Waals surface area contributed by atoms with Crippen LogP contribution in [0.4, 0.5) is 0 Å². The Kier molecular flexibility index (Phi) is 6.58. The summed E-state index contributed by atoms with van der Waals surface area (Å²) in [6, 6.07) is 13.9. The Morgan fingerprint density at radius 1 is 0.964 bits per heavy atom. The Morgan fingerprint density at radius 2 is 1.71 bits per heavy atom. The van der Waals surface area contributed by atoms with Crippen molar-refractivity contribution < 1.29 is 19.0 Å². The number of methoxy groups -OCH3 is 3. The van der Waals surface area contributed by atoms with E-state index in [1.165, 1.54) is 11.1 Å². The Hall–Kier alpha value is -2.95. The van der Waals surface area contributed by atoms with E-state index in [2.05, 4.69) is 18.2 Å². The summed E-state index contributed by atoms with van der Waals surface area (Å²) in [5.41, 5.74) is 3.54. The van der Waals surface area contributed by atoms with Crippen LogP contribution in [0.1, 0.15) is 24.0 Å². The lowest BCUT2D eigenvalue weighted by Crippen LogP contribution is -2.34. The number of hydrogen-bond donors (Lipinski definition) is 0. The van der Waals surface area contributed by atoms with Crippen LogP contribution in [-0.4, -0.2) is 45.2 Å². The van der Waals surface area contributed by atoms with Crippen molar-refractivity contribution in [3.63, 3.8) is 0 Å². The summed E-state index contributed by atoms with van der Waals surface area (Å²) in [5.74, 6) is 2.43. The quantitative estimate of drug-likeness (QED) is 0.728. The molecule has 0 saturated heterocycles. The maximum Gasteiger partial charge on any atom is 0.223 e. The molecule has 28 heavy (non-hydrogen) atoms. The smallest absolute Gasteiger partial charge is 0.223 e. The molecule has 1 heterocycles. The predicted molar refractivity (Wildman–Crippen MR) is 110 cm³/mol. The average Bonchev–Trinajstić information content (AvgIpc) is 2.77. The van der Waals surface area contributed by atoms with Crippen LogP contribution < -0.4 is 14.2 Å². The van der Waals surface area contributed by atoms with Crippen molar-refractivity contribution in [2.24, 2.45) is 0 Å². The van der Waals surface area contributed by atoms with Gasteiger partial charge in [-0.2, -0.15) is 0 Å². The fourth-order valence-corrected chi connectivity index (χ4v) is 3.41. The molecule has 5 heteroatoms. The van der Waals surface area contributed by atoms with Crippen LogP contribution in [0.3, 0.4) is 0 Å². The summed E-state index contributed by atoms with van der Waals surface area (Å²) >= 11 is 0. The second kappa shape index (κ2) is 9.31. The number of aryl methyl sites for hydroxylation is 1. The molecule has 0 N–H and O–H groups in total. The number of amides is 1. The third kappa shape index (κ3) is 4.66. The molecule has 1 aliphatic heterocycles. The lowest BCUT2D eigenvalue weighted by atomic mass is 9.99. The van der Waals surface area contributed by atoms with Gasteiger partial charge in [0.2, 0.25) is 5.91 Å². The topological polar surface area (TPSA) is 48.0 Å². The van der Waals surface area contributed by atoms with Crippen LogP contribution in [0.15, 0.2) is 48.5 Å². The molecule has 0 bridgehead atoms. The molecule has 0 saturated carbocycles. The van der Waals surface area contributed by atoms with Crippen molar-refractivity contribution >= 4 is 11.5 Å². The molecule has 1 amide bonds. The van der Waals surface area contributed by atoms with Gasteiger partial charge in [-0.3, -0.25) is 4.79 Å². The van der Waals surface area contributed by atoms with Gasteiger partial charge in [0, 0.05) is 19.5 Å². The zero-order valence-corrected chi connectivity index (χ0v) is 16.7. The minimum absolute atomic E-state index is 0.180. The lowest BCUT2D eigenvalue weighted by Gasteiger charge is -2.27. The highest BCUT2D eigenvalue weighted by Crippen LogP contribution is 2.28. The molecule has 0 radical (unpaired) electrons. The molecule has 0 aromatic heterocycles. The van der Waals surface area contributed by atoms with Gasteiger partial charge in [0.25, 0.3) is 0 Å². The Labute approximate surface area is 166 Å². The van der Waals surface area contributed by atoms with E-state index in [9.17, 15) is 4.79 Å². The van der Waals surface area contributed by atoms with Crippen LogP contribution in [0.25, 0.3) is 5.57 Å². The Morgan fingerprint density at radius 3 is 2.32 bits per heavy atom. The van der Waals surface area contributed by atoms with Gasteiger partial charge in [-0.05, 0) is 53.8 Å². The van der Waals surface area contributed by atoms with Crippen LogP contribution in [0, 0.1) is 0 Å². The fraction of sp³-hybridized carbons (Fsp3) is 0.348. The van der Waals surface area contributed by atoms with Gasteiger partial charge in [0.15, 0.2) is 11.5 Å². The van der Waals surface area contributed by atoms with Crippen molar-refractivity contribution in [2.45, 2.75) is 19.3 Å². The first-order chi connectivity index (χ1) is 13.6. The first-order valence-electron chi connectivity index (χ1n) is 9.46. The van der Waals surface area contributed by atoms with Crippen LogP contribution >= 0.6 is 0 Å². The molecule has 1 aliphatic rings. The number of hydrogen-bond acceptors (Lipinski definition) is 4. The molecule has 148 valence electrons. The zero-order chi connectivity index (χ0) is 19.9. The minimum atomic E-state index is 0.180. The lowest BCUT2D eigenvalue weighted by molar-refractivity contribution is -0.130. The highest BCUT2D eigenvalue weighted by Gasteiger charge is 2.18. The third-order valence-corrected chi connectivity index (χ3v) is 5.10. The summed E-state index contributed by atoms with van der Waals surface area (Å²) in [4.78, 5) is 14.5. The standard InChI is InChI=1S/C23H27NO4/c1-26-20-8-6-18(7-9-20)19-12-14-24(15-13-19)23(25)11-5-17-4-10-21(27-2)22(16-17)28-3/h4,6-10,12,16H,5,11,13-15H2,1-3H3. The number of nitrogens with zero attached hydrogens (tertiary/aromatic N) is 1. The van der Waals surface area contributed by atoms with E-state index in [0.29, 0.717) is 30.9 Å². The number of carbonyl (C=O) groups is 1. The van der Waals surface area contributed by atoms with Gasteiger partial charge in [0.1, 0.15) is 5.75 Å². The highest BCUT2D eigenvalue weighted by atomic mass is 16.5. The van der Waals surface area contributed by atoms with Gasteiger partial charge in [0.05, 0.1) is 21.3 Å². The van der Waals surface area contributed by atoms with Crippen LogP contribution in [-0.2, 0) is 11.2 Å². The van der Waals surface area contributed by atoms with Gasteiger partial charge < -0.3 is 19.1 Å². The number of benzene rings is 2. The molecule has 0 fully saturated rings. The SMILES string of the molecule is COc1ccc(C2=CCN(C(=O)CCc3ccc(OC)c(OC)c3)CC2)cc1. The van der Waals surface area contributed by atoms with E-state index < -0.39 is 0 Å². The van der Waals surface area contributed by atoms with Crippen molar-refractivity contribution in [2.75, 3.05) is 34.4 Å². The summed E-state index contributed by atoms with van der Waals surface area (Å²) < 4.78 is 15.8. The predicted octanol–water partition coefficient (Wildman–Crippen LogP) is 3.96. The van der Waals surface area contributed by atoms with Crippen molar-refractivity contribution in [1.29, 1.82) is 0 Å². The molecule has 0 aliphatic carbocycles. The molecule has 0 spiro atoms. The van der Waals surface area contributed by atoms with E-state index in [-0.39, 0.29) is 5.91 Å². The summed E-state index contributed by atoms with van der Waals surface area (Å²) in [7, 11) is 4.90. The van der Waals surface area contributed by atoms with Gasteiger partial charge in [-0.15, -0.1) is 0 Å². The largest absolute Gasteiger partial charge is 0.497 e. The molecule has 3 rings (SSSR count). The van der Waals surface area contributed by atoms with E-state index >= 15 is 0 Å². The first kappa shape index (κ1) is 19.8. The van der Waals surface area contributed by atoms with E-state index in [4.69, 9.17) is 14.2 Å². The van der Waals surface area contributed by atoms with E-state index in [1.54, 1.807) is 21.3 Å². The summed E-state index contributed by atoms with van der Waals surface area (Å²) in [6.45, 7) is 1.41. The van der Waals surface area contributed by atoms with Crippen molar-refractivity contribution in [3.8, 4) is 17.2 Å². The molecule has 2 aromatic carbocycles. The molecule has 2 aromatic rings. The maximum atomic E-state index is 12.6. The number of ether oxygens (including phenoxy) is 3. The molecule has 0 unspecified atom stereocenters. The maximum absolute atomic E-state index is 12.6. The number of carbonyl (C=O) groups excluding carboxylic acids is 1. The van der Waals surface area contributed by atoms with E-state index in [0.717, 1.165) is 24.3 Å². The third-order valence-electron chi connectivity index (χ3n) is 5.10. The van der Waals surface area contributed by atoms with Gasteiger partial charge >= 0.3 is 0 Å². The monoisotopic (exact) mass is 381 g/mol. The van der Waals surface area contributed by atoms with Crippen molar-refractivity contribution in [3.05, 3.63) is 59.7 Å². The second-order valence-corrected chi connectivity index (χ2v) is 6.74. The minimum Gasteiger partial charge on any atom is -0.497 e. The van der Waals surface area contributed by atoms with E-state index in [1.807, 2.05) is 35.2 Å². The van der Waals surface area contributed by atoms with Crippen LogP contribution in [0.5, 0.6) is 17.2 Å². The van der Waals surface area contributed by atoms with Gasteiger partial charge in [-0.1, -0.05) is 24.3 Å². The summed E-state index contributed by atoms with van der Waals surface area (Å²) in [5, 5.41) is 0. The number of rotatable bonds is 7. The summed E-state index contributed by atoms with van der Waals surface area (Å²) in [6.07, 6.45) is 4.19. The molecule has 0 atom stereocenters. The normalized spacial score (nSPS) is 13.7. The fourth-order valence-electron chi connectivity index (χ4n) is 3.41. The van der Waals surface area contributed by atoms with Gasteiger partial charge in [-0.25, -0.2) is 0 Å². The Bertz CT molecular complexity index is 842. The average molecular weight is 381 g/mol. The molecular weight excluding hydrogens is 354 g/mol. The van der Waals surface area contributed by atoms with Crippen molar-refractivity contribution in [1.82, 2.24) is 4.90 Å².